The maximum Gasteiger partial charge on any atom is 0.317 e. The number of carboxylic acids is 1. The molecule has 150 valence electrons. The number of rotatable bonds is 7. The first kappa shape index (κ1) is 21.4. The van der Waals surface area contributed by atoms with Crippen LogP contribution in [0.1, 0.15) is 57.1 Å². The summed E-state index contributed by atoms with van der Waals surface area (Å²) in [6.45, 7) is 7.91. The van der Waals surface area contributed by atoms with Gasteiger partial charge in [0.15, 0.2) is 0 Å². The van der Waals surface area contributed by atoms with E-state index in [0.717, 1.165) is 37.8 Å². The molecule has 27 heavy (non-hydrogen) atoms. The molecule has 1 aromatic carbocycles. The van der Waals surface area contributed by atoms with Crippen molar-refractivity contribution in [3.8, 4) is 0 Å². The van der Waals surface area contributed by atoms with Gasteiger partial charge in [0.25, 0.3) is 0 Å². The number of likely N-dealkylation sites (tertiary alicyclic amines) is 1. The lowest BCUT2D eigenvalue weighted by Gasteiger charge is -2.27. The predicted molar refractivity (Wildman–Crippen MR) is 108 cm³/mol. The van der Waals surface area contributed by atoms with E-state index in [1.165, 1.54) is 5.56 Å². The fourth-order valence-corrected chi connectivity index (χ4v) is 3.96. The van der Waals surface area contributed by atoms with Crippen LogP contribution in [0.2, 0.25) is 0 Å². The van der Waals surface area contributed by atoms with Crippen molar-refractivity contribution in [3.63, 3.8) is 0 Å². The summed E-state index contributed by atoms with van der Waals surface area (Å²) in [5.41, 5.74) is 2.37. The Morgan fingerprint density at radius 3 is 2.63 bits per heavy atom. The van der Waals surface area contributed by atoms with Gasteiger partial charge in [-0.15, -0.1) is 0 Å². The number of nitrogens with zero attached hydrogens (tertiary/aromatic N) is 2. The summed E-state index contributed by atoms with van der Waals surface area (Å²) in [7, 11) is 1.86. The Morgan fingerprint density at radius 1 is 1.22 bits per heavy atom. The molecule has 0 aromatic heterocycles. The lowest BCUT2D eigenvalue weighted by Crippen LogP contribution is -2.38. The Bertz CT molecular complexity index is 644. The zero-order valence-electron chi connectivity index (χ0n) is 17.1. The fourth-order valence-electron chi connectivity index (χ4n) is 3.96. The molecular formula is C22H34N2O3. The second-order valence-corrected chi connectivity index (χ2v) is 8.28. The van der Waals surface area contributed by atoms with Crippen LogP contribution in [0.5, 0.6) is 0 Å². The molecule has 1 N–H and O–H groups in total. The summed E-state index contributed by atoms with van der Waals surface area (Å²) in [4.78, 5) is 27.9. The monoisotopic (exact) mass is 374 g/mol. The van der Waals surface area contributed by atoms with Gasteiger partial charge in [0.1, 0.15) is 0 Å². The molecule has 0 spiro atoms. The van der Waals surface area contributed by atoms with Crippen molar-refractivity contribution < 1.29 is 14.7 Å². The first-order chi connectivity index (χ1) is 12.8. The van der Waals surface area contributed by atoms with Gasteiger partial charge in [-0.05, 0) is 56.7 Å². The summed E-state index contributed by atoms with van der Waals surface area (Å²) < 4.78 is 0. The molecule has 1 fully saturated rings. The molecule has 1 aliphatic rings. The van der Waals surface area contributed by atoms with Gasteiger partial charge in [0.2, 0.25) is 5.91 Å². The average Bonchev–Trinajstić information content (AvgIpc) is 2.85. The molecule has 2 atom stereocenters. The van der Waals surface area contributed by atoms with Gasteiger partial charge in [0, 0.05) is 19.1 Å². The number of hydrogen-bond donors (Lipinski definition) is 1. The molecular weight excluding hydrogens is 340 g/mol. The average molecular weight is 375 g/mol. The Labute approximate surface area is 163 Å². The zero-order valence-corrected chi connectivity index (χ0v) is 17.1. The molecule has 5 nitrogen and oxygen atoms in total. The SMILES string of the molecule is CC(C)Cc1cccc(C(C)C(=O)N2CCCC(N(C)CC(=O)O)CC2)c1. The van der Waals surface area contributed by atoms with Crippen molar-refractivity contribution >= 4 is 11.9 Å². The summed E-state index contributed by atoms with van der Waals surface area (Å²) in [6.07, 6.45) is 3.71. The largest absolute Gasteiger partial charge is 0.480 e. The van der Waals surface area contributed by atoms with Crippen molar-refractivity contribution in [1.82, 2.24) is 9.80 Å². The highest BCUT2D eigenvalue weighted by Gasteiger charge is 2.27. The molecule has 0 radical (unpaired) electrons. The van der Waals surface area contributed by atoms with Crippen LogP contribution in [0.3, 0.4) is 0 Å². The molecule has 0 bridgehead atoms. The molecule has 1 aromatic rings. The first-order valence-electron chi connectivity index (χ1n) is 10.1. The molecule has 2 unspecified atom stereocenters. The molecule has 2 rings (SSSR count). The van der Waals surface area contributed by atoms with Crippen LogP contribution < -0.4 is 0 Å². The van der Waals surface area contributed by atoms with Crippen molar-refractivity contribution in [2.45, 2.75) is 58.4 Å². The van der Waals surface area contributed by atoms with Gasteiger partial charge in [0.05, 0.1) is 12.5 Å². The molecule has 5 heteroatoms. The van der Waals surface area contributed by atoms with E-state index in [9.17, 15) is 9.59 Å². The van der Waals surface area contributed by atoms with Gasteiger partial charge < -0.3 is 10.0 Å². The van der Waals surface area contributed by atoms with Crippen molar-refractivity contribution in [2.75, 3.05) is 26.7 Å². The molecule has 0 saturated carbocycles. The molecule has 1 aliphatic heterocycles. The summed E-state index contributed by atoms with van der Waals surface area (Å²) in [6, 6.07) is 8.63. The molecule has 1 amide bonds. The maximum atomic E-state index is 13.1. The van der Waals surface area contributed by atoms with E-state index in [0.29, 0.717) is 12.5 Å². The Hall–Kier alpha value is -1.88. The smallest absolute Gasteiger partial charge is 0.317 e. The third-order valence-corrected chi connectivity index (χ3v) is 5.48. The third kappa shape index (κ3) is 6.35. The fraction of sp³-hybridized carbons (Fsp3) is 0.636. The van der Waals surface area contributed by atoms with Crippen LogP contribution in [-0.4, -0.2) is 59.5 Å². The first-order valence-corrected chi connectivity index (χ1v) is 10.1. The van der Waals surface area contributed by atoms with Crippen molar-refractivity contribution in [2.24, 2.45) is 5.92 Å². The number of amides is 1. The van der Waals surface area contributed by atoms with Crippen LogP contribution in [0.4, 0.5) is 0 Å². The second kappa shape index (κ2) is 9.88. The second-order valence-electron chi connectivity index (χ2n) is 8.28. The maximum absolute atomic E-state index is 13.1. The molecule has 0 aliphatic carbocycles. The summed E-state index contributed by atoms with van der Waals surface area (Å²) >= 11 is 0. The van der Waals surface area contributed by atoms with Gasteiger partial charge in [-0.3, -0.25) is 14.5 Å². The van der Waals surface area contributed by atoms with Gasteiger partial charge in [-0.2, -0.15) is 0 Å². The van der Waals surface area contributed by atoms with Crippen LogP contribution in [0.25, 0.3) is 0 Å². The highest BCUT2D eigenvalue weighted by atomic mass is 16.4. The molecule has 1 heterocycles. The van der Waals surface area contributed by atoms with Gasteiger partial charge in [-0.25, -0.2) is 0 Å². The van der Waals surface area contributed by atoms with E-state index in [1.54, 1.807) is 0 Å². The van der Waals surface area contributed by atoms with Crippen LogP contribution >= 0.6 is 0 Å². The minimum atomic E-state index is -0.801. The van der Waals surface area contributed by atoms with E-state index in [1.807, 2.05) is 29.8 Å². The zero-order chi connectivity index (χ0) is 20.0. The van der Waals surface area contributed by atoms with Crippen molar-refractivity contribution in [1.29, 1.82) is 0 Å². The van der Waals surface area contributed by atoms with E-state index in [-0.39, 0.29) is 24.4 Å². The topological polar surface area (TPSA) is 60.9 Å². The van der Waals surface area contributed by atoms with Gasteiger partial charge in [-0.1, -0.05) is 38.1 Å². The minimum Gasteiger partial charge on any atom is -0.480 e. The van der Waals surface area contributed by atoms with Crippen molar-refractivity contribution in [3.05, 3.63) is 35.4 Å². The normalized spacial score (nSPS) is 19.2. The Morgan fingerprint density at radius 2 is 1.96 bits per heavy atom. The lowest BCUT2D eigenvalue weighted by atomic mass is 9.94. The number of carbonyl (C=O) groups is 2. The number of benzene rings is 1. The summed E-state index contributed by atoms with van der Waals surface area (Å²) in [5, 5.41) is 8.99. The number of aliphatic carboxylic acids is 1. The number of likely N-dealkylation sites (N-methyl/N-ethyl adjacent to an activating group) is 1. The summed E-state index contributed by atoms with van der Waals surface area (Å²) in [5.74, 6) is -0.176. The quantitative estimate of drug-likeness (QED) is 0.795. The van der Waals surface area contributed by atoms with E-state index in [4.69, 9.17) is 5.11 Å². The standard InChI is InChI=1S/C22H34N2O3/c1-16(2)13-18-7-5-8-19(14-18)17(3)22(27)24-11-6-9-20(10-12-24)23(4)15-21(25)26/h5,7-8,14,16-17,20H,6,9-13,15H2,1-4H3,(H,25,26). The van der Waals surface area contributed by atoms with Crippen LogP contribution in [-0.2, 0) is 16.0 Å². The number of carboxylic acid groups (broad SMARTS) is 1. The van der Waals surface area contributed by atoms with E-state index in [2.05, 4.69) is 32.0 Å². The lowest BCUT2D eigenvalue weighted by molar-refractivity contribution is -0.138. The van der Waals surface area contributed by atoms with Crippen LogP contribution in [0, 0.1) is 5.92 Å². The van der Waals surface area contributed by atoms with E-state index >= 15 is 0 Å². The minimum absolute atomic E-state index is 0.0532. The highest BCUT2D eigenvalue weighted by molar-refractivity contribution is 5.83. The highest BCUT2D eigenvalue weighted by Crippen LogP contribution is 2.23. The Balaban J connectivity index is 1.99. The van der Waals surface area contributed by atoms with E-state index < -0.39 is 5.97 Å². The van der Waals surface area contributed by atoms with Gasteiger partial charge >= 0.3 is 5.97 Å². The van der Waals surface area contributed by atoms with Crippen LogP contribution in [0.15, 0.2) is 24.3 Å². The third-order valence-electron chi connectivity index (χ3n) is 5.48. The molecule has 1 saturated heterocycles. The number of carbonyl (C=O) groups excluding carboxylic acids is 1. The predicted octanol–water partition coefficient (Wildman–Crippen LogP) is 3.39. The number of hydrogen-bond acceptors (Lipinski definition) is 3. The Kier molecular flexibility index (Phi) is 7.84.